The molecule has 3 aromatic rings. The van der Waals surface area contributed by atoms with Gasteiger partial charge in [0, 0.05) is 17.2 Å². The van der Waals surface area contributed by atoms with Crippen molar-refractivity contribution in [3.8, 4) is 11.4 Å². The van der Waals surface area contributed by atoms with E-state index in [0.29, 0.717) is 36.3 Å². The number of esters is 1. The maximum Gasteiger partial charge on any atom is 0.452 e. The molecule has 0 bridgehead atoms. The monoisotopic (exact) mass is 556 g/mol. The molecular weight excluding hydrogens is 525 g/mol. The Morgan fingerprint density at radius 1 is 1.15 bits per heavy atom. The average molecular weight is 557 g/mol. The van der Waals surface area contributed by atoms with E-state index in [2.05, 4.69) is 15.7 Å². The molecule has 0 radical (unpaired) electrons. The van der Waals surface area contributed by atoms with Crippen LogP contribution in [0.15, 0.2) is 60.9 Å². The molecule has 212 valence electrons. The summed E-state index contributed by atoms with van der Waals surface area (Å²) in [6, 6.07) is 14.3. The summed E-state index contributed by atoms with van der Waals surface area (Å²) in [5, 5.41) is 6.71. The number of methoxy groups -OCH3 is 1. The number of nitrogens with one attached hydrogen (secondary N) is 1. The van der Waals surface area contributed by atoms with Crippen LogP contribution in [0.3, 0.4) is 0 Å². The molecule has 2 heterocycles. The molecule has 1 fully saturated rings. The van der Waals surface area contributed by atoms with Crippen LogP contribution < -0.4 is 10.2 Å². The standard InChI is InChI=1S/C29H31F3N4O4/c1-27(2,3)39-25(37)20-11-8-14-28(24(20)18-9-6-5-7-10-18)16-22(35-40-28)21-15-19(12-13-23(21)38-4)36-17-33-34-26(36)29(30,31)32/h5-7,9-10,12-13,15-17,20,24,35H,8,11,14H2,1-4H3/t20?,24-,28+/m1/s1. The van der Waals surface area contributed by atoms with Gasteiger partial charge in [-0.05, 0) is 69.9 Å². The van der Waals surface area contributed by atoms with Gasteiger partial charge in [0.05, 0.1) is 18.7 Å². The number of rotatable bonds is 5. The van der Waals surface area contributed by atoms with Crippen molar-refractivity contribution in [2.45, 2.75) is 63.3 Å². The first-order chi connectivity index (χ1) is 18.9. The molecule has 0 saturated heterocycles. The molecule has 1 aliphatic carbocycles. The highest BCUT2D eigenvalue weighted by molar-refractivity contribution is 5.77. The Morgan fingerprint density at radius 3 is 2.58 bits per heavy atom. The molecule has 1 saturated carbocycles. The fourth-order valence-corrected chi connectivity index (χ4v) is 5.60. The van der Waals surface area contributed by atoms with Crippen molar-refractivity contribution in [2.24, 2.45) is 5.92 Å². The number of hydrogen-bond donors (Lipinski definition) is 1. The normalized spacial score (nSPS) is 23.0. The molecule has 1 aromatic heterocycles. The number of ether oxygens (including phenoxy) is 2. The third-order valence-corrected chi connectivity index (χ3v) is 7.17. The first kappa shape index (κ1) is 27.7. The number of halogens is 3. The first-order valence-corrected chi connectivity index (χ1v) is 13.0. The van der Waals surface area contributed by atoms with Crippen molar-refractivity contribution in [3.63, 3.8) is 0 Å². The van der Waals surface area contributed by atoms with E-state index < -0.39 is 29.1 Å². The molecule has 2 aromatic carbocycles. The molecule has 1 aliphatic heterocycles. The second-order valence-corrected chi connectivity index (χ2v) is 11.0. The fraction of sp³-hybridized carbons (Fsp3) is 0.414. The van der Waals surface area contributed by atoms with Crippen LogP contribution in [0.2, 0.25) is 0 Å². The number of carbonyl (C=O) groups excluding carboxylic acids is 1. The number of nitrogens with zero attached hydrogens (tertiary/aromatic N) is 3. The molecular formula is C29H31F3N4O4. The highest BCUT2D eigenvalue weighted by atomic mass is 19.4. The lowest BCUT2D eigenvalue weighted by molar-refractivity contribution is -0.168. The van der Waals surface area contributed by atoms with Gasteiger partial charge < -0.3 is 9.47 Å². The van der Waals surface area contributed by atoms with Crippen LogP contribution in [0.4, 0.5) is 13.2 Å². The molecule has 3 atom stereocenters. The van der Waals surface area contributed by atoms with Crippen molar-refractivity contribution >= 4 is 11.7 Å². The van der Waals surface area contributed by atoms with Gasteiger partial charge in [-0.15, -0.1) is 10.2 Å². The van der Waals surface area contributed by atoms with Gasteiger partial charge in [-0.3, -0.25) is 19.7 Å². The average Bonchev–Trinajstić information content (AvgIpc) is 3.56. The zero-order valence-corrected chi connectivity index (χ0v) is 22.7. The molecule has 0 amide bonds. The fourth-order valence-electron chi connectivity index (χ4n) is 5.60. The largest absolute Gasteiger partial charge is 0.496 e. The van der Waals surface area contributed by atoms with Crippen LogP contribution in [0.25, 0.3) is 11.4 Å². The predicted octanol–water partition coefficient (Wildman–Crippen LogP) is 5.83. The van der Waals surface area contributed by atoms with E-state index >= 15 is 0 Å². The Labute approximate surface area is 230 Å². The minimum Gasteiger partial charge on any atom is -0.496 e. The lowest BCUT2D eigenvalue weighted by atomic mass is 9.65. The summed E-state index contributed by atoms with van der Waals surface area (Å²) in [5.41, 5.74) is 3.58. The van der Waals surface area contributed by atoms with E-state index in [9.17, 15) is 18.0 Å². The Kier molecular flexibility index (Phi) is 7.11. The summed E-state index contributed by atoms with van der Waals surface area (Å²) in [5.74, 6) is -1.84. The SMILES string of the molecule is COc1ccc(-n2cnnc2C(F)(F)F)cc1C1=C[C@]2(CCCC(C(=O)OC(C)(C)C)[C@H]2c2ccccc2)ON1. The van der Waals surface area contributed by atoms with E-state index in [-0.39, 0.29) is 17.6 Å². The maximum atomic E-state index is 13.5. The van der Waals surface area contributed by atoms with Gasteiger partial charge in [-0.2, -0.15) is 13.2 Å². The predicted molar refractivity (Wildman–Crippen MR) is 140 cm³/mol. The highest BCUT2D eigenvalue weighted by Crippen LogP contribution is 2.51. The minimum absolute atomic E-state index is 0.201. The van der Waals surface area contributed by atoms with Crippen molar-refractivity contribution in [1.29, 1.82) is 0 Å². The summed E-state index contributed by atoms with van der Waals surface area (Å²) in [4.78, 5) is 19.7. The topological polar surface area (TPSA) is 87.5 Å². The summed E-state index contributed by atoms with van der Waals surface area (Å²) < 4.78 is 52.8. The summed E-state index contributed by atoms with van der Waals surface area (Å²) in [6.45, 7) is 5.52. The summed E-state index contributed by atoms with van der Waals surface area (Å²) >= 11 is 0. The Hall–Kier alpha value is -3.86. The molecule has 5 rings (SSSR count). The smallest absolute Gasteiger partial charge is 0.452 e. The van der Waals surface area contributed by atoms with Gasteiger partial charge in [-0.1, -0.05) is 30.3 Å². The molecule has 2 aliphatic rings. The zero-order valence-electron chi connectivity index (χ0n) is 22.7. The van der Waals surface area contributed by atoms with Gasteiger partial charge in [0.2, 0.25) is 5.82 Å². The Morgan fingerprint density at radius 2 is 1.90 bits per heavy atom. The number of carbonyl (C=O) groups is 1. The molecule has 1 unspecified atom stereocenters. The van der Waals surface area contributed by atoms with E-state index in [4.69, 9.17) is 14.3 Å². The van der Waals surface area contributed by atoms with E-state index in [1.54, 1.807) is 12.1 Å². The van der Waals surface area contributed by atoms with Crippen molar-refractivity contribution < 1.29 is 32.3 Å². The number of benzene rings is 2. The second kappa shape index (κ2) is 10.3. The van der Waals surface area contributed by atoms with Gasteiger partial charge in [0.15, 0.2) is 0 Å². The van der Waals surface area contributed by atoms with Crippen molar-refractivity contribution in [2.75, 3.05) is 7.11 Å². The van der Waals surface area contributed by atoms with Crippen LogP contribution in [0.1, 0.15) is 62.9 Å². The number of hydroxylamine groups is 1. The molecule has 8 nitrogen and oxygen atoms in total. The van der Waals surface area contributed by atoms with E-state index in [1.165, 1.54) is 13.2 Å². The zero-order chi connectivity index (χ0) is 28.7. The molecule has 1 N–H and O–H groups in total. The summed E-state index contributed by atoms with van der Waals surface area (Å²) in [7, 11) is 1.48. The minimum atomic E-state index is -4.68. The number of aromatic nitrogens is 3. The quantitative estimate of drug-likeness (QED) is 0.396. The van der Waals surface area contributed by atoms with Crippen LogP contribution >= 0.6 is 0 Å². The first-order valence-electron chi connectivity index (χ1n) is 13.0. The van der Waals surface area contributed by atoms with Crippen molar-refractivity contribution in [1.82, 2.24) is 20.2 Å². The number of hydrogen-bond acceptors (Lipinski definition) is 7. The van der Waals surface area contributed by atoms with E-state index in [1.807, 2.05) is 57.2 Å². The lowest BCUT2D eigenvalue weighted by Crippen LogP contribution is -2.47. The second-order valence-electron chi connectivity index (χ2n) is 11.0. The van der Waals surface area contributed by atoms with E-state index in [0.717, 1.165) is 16.5 Å². The van der Waals surface area contributed by atoms with Crippen LogP contribution in [-0.2, 0) is 20.5 Å². The number of alkyl halides is 3. The van der Waals surface area contributed by atoms with Gasteiger partial charge in [0.1, 0.15) is 23.3 Å². The van der Waals surface area contributed by atoms with Crippen LogP contribution in [0, 0.1) is 5.92 Å². The summed E-state index contributed by atoms with van der Waals surface area (Å²) in [6.07, 6.45) is 0.214. The van der Waals surface area contributed by atoms with Gasteiger partial charge in [-0.25, -0.2) is 0 Å². The third-order valence-electron chi connectivity index (χ3n) is 7.17. The maximum absolute atomic E-state index is 13.5. The third kappa shape index (κ3) is 5.30. The molecule has 1 spiro atoms. The van der Waals surface area contributed by atoms with Gasteiger partial charge >= 0.3 is 12.1 Å². The van der Waals surface area contributed by atoms with Gasteiger partial charge in [0.25, 0.3) is 0 Å². The Balaban J connectivity index is 1.59. The lowest BCUT2D eigenvalue weighted by Gasteiger charge is -2.43. The van der Waals surface area contributed by atoms with Crippen molar-refractivity contribution in [3.05, 3.63) is 77.9 Å². The van der Waals surface area contributed by atoms with Crippen LogP contribution in [-0.4, -0.2) is 39.0 Å². The highest BCUT2D eigenvalue weighted by Gasteiger charge is 2.52. The molecule has 11 heteroatoms. The van der Waals surface area contributed by atoms with Crippen LogP contribution in [0.5, 0.6) is 5.75 Å². The Bertz CT molecular complexity index is 1410. The molecule has 40 heavy (non-hydrogen) atoms.